The molecule has 0 spiro atoms. The molecule has 4 nitrogen and oxygen atoms in total. The van der Waals surface area contributed by atoms with E-state index in [2.05, 4.69) is 6.58 Å². The first-order chi connectivity index (χ1) is 11.8. The van der Waals surface area contributed by atoms with E-state index in [0.29, 0.717) is 11.3 Å². The van der Waals surface area contributed by atoms with Crippen molar-refractivity contribution in [2.75, 3.05) is 11.4 Å². The fourth-order valence-electron chi connectivity index (χ4n) is 3.07. The van der Waals surface area contributed by atoms with Gasteiger partial charge in [-0.15, -0.1) is 0 Å². The number of nitrogens with zero attached hydrogens (tertiary/aromatic N) is 1. The van der Waals surface area contributed by atoms with Gasteiger partial charge in [-0.2, -0.15) is 0 Å². The summed E-state index contributed by atoms with van der Waals surface area (Å²) in [5.41, 5.74) is 0.0506. The van der Waals surface area contributed by atoms with Crippen LogP contribution >= 0.6 is 0 Å². The Morgan fingerprint density at radius 3 is 2.48 bits per heavy atom. The molecule has 2 aromatic rings. The molecule has 1 aliphatic rings. The quantitative estimate of drug-likeness (QED) is 0.672. The Morgan fingerprint density at radius 2 is 1.84 bits per heavy atom. The number of benzene rings is 2. The minimum atomic E-state index is -1.93. The SMILES string of the molecule is C=C(C)CN1C(=O)C(O)(CC(=O)c2ccc(F)cc2)c2ccccc21. The first kappa shape index (κ1) is 17.0. The lowest BCUT2D eigenvalue weighted by atomic mass is 9.88. The normalized spacial score (nSPS) is 19.0. The van der Waals surface area contributed by atoms with Gasteiger partial charge in [-0.3, -0.25) is 9.59 Å². The van der Waals surface area contributed by atoms with Gasteiger partial charge in [0.2, 0.25) is 0 Å². The number of carbonyl (C=O) groups is 2. The largest absolute Gasteiger partial charge is 0.375 e. The molecule has 0 aromatic heterocycles. The predicted octanol–water partition coefficient (Wildman–Crippen LogP) is 3.21. The van der Waals surface area contributed by atoms with Gasteiger partial charge >= 0.3 is 0 Å². The van der Waals surface area contributed by atoms with Crippen molar-refractivity contribution in [3.63, 3.8) is 0 Å². The second-order valence-electron chi connectivity index (χ2n) is 6.33. The number of anilines is 1. The lowest BCUT2D eigenvalue weighted by Crippen LogP contribution is -2.42. The maximum absolute atomic E-state index is 13.0. The number of carbonyl (C=O) groups excluding carboxylic acids is 2. The van der Waals surface area contributed by atoms with Gasteiger partial charge < -0.3 is 10.0 Å². The van der Waals surface area contributed by atoms with Gasteiger partial charge in [0.25, 0.3) is 5.91 Å². The van der Waals surface area contributed by atoms with E-state index >= 15 is 0 Å². The molecular weight excluding hydrogens is 321 g/mol. The number of halogens is 1. The van der Waals surface area contributed by atoms with Crippen molar-refractivity contribution in [2.45, 2.75) is 18.9 Å². The Balaban J connectivity index is 1.96. The smallest absolute Gasteiger partial charge is 0.264 e. The Hall–Kier alpha value is -2.79. The fourth-order valence-corrected chi connectivity index (χ4v) is 3.07. The molecule has 25 heavy (non-hydrogen) atoms. The summed E-state index contributed by atoms with van der Waals surface area (Å²) >= 11 is 0. The summed E-state index contributed by atoms with van der Waals surface area (Å²) in [5, 5.41) is 11.1. The number of amides is 1. The van der Waals surface area contributed by atoms with Crippen LogP contribution in [0, 0.1) is 5.82 Å². The van der Waals surface area contributed by atoms with Crippen LogP contribution in [0.1, 0.15) is 29.3 Å². The van der Waals surface area contributed by atoms with Gasteiger partial charge in [0, 0.05) is 17.7 Å². The highest BCUT2D eigenvalue weighted by atomic mass is 19.1. The molecule has 3 rings (SSSR count). The summed E-state index contributed by atoms with van der Waals surface area (Å²) in [4.78, 5) is 26.8. The Kier molecular flexibility index (Phi) is 4.27. The first-order valence-electron chi connectivity index (χ1n) is 7.90. The Labute approximate surface area is 145 Å². The summed E-state index contributed by atoms with van der Waals surface area (Å²) in [6, 6.07) is 11.9. The maximum atomic E-state index is 13.0. The van der Waals surface area contributed by atoms with Gasteiger partial charge in [-0.05, 0) is 37.3 Å². The number of hydrogen-bond acceptors (Lipinski definition) is 3. The number of fused-ring (bicyclic) bond motifs is 1. The summed E-state index contributed by atoms with van der Waals surface area (Å²) in [6.45, 7) is 5.87. The average Bonchev–Trinajstić information content (AvgIpc) is 2.77. The number of Topliss-reactive ketones (excluding diaryl/α,β-unsaturated/α-hetero) is 1. The van der Waals surface area contributed by atoms with Crippen molar-refractivity contribution in [3.05, 3.63) is 77.6 Å². The van der Waals surface area contributed by atoms with E-state index in [4.69, 9.17) is 0 Å². The number of ketones is 1. The van der Waals surface area contributed by atoms with Gasteiger partial charge in [0.15, 0.2) is 11.4 Å². The number of aliphatic hydroxyl groups is 1. The van der Waals surface area contributed by atoms with Crippen molar-refractivity contribution in [1.29, 1.82) is 0 Å². The topological polar surface area (TPSA) is 57.6 Å². The van der Waals surface area contributed by atoms with E-state index in [1.165, 1.54) is 29.2 Å². The molecule has 0 saturated carbocycles. The lowest BCUT2D eigenvalue weighted by molar-refractivity contribution is -0.135. The second-order valence-corrected chi connectivity index (χ2v) is 6.33. The van der Waals surface area contributed by atoms with Crippen molar-refractivity contribution in [3.8, 4) is 0 Å². The van der Waals surface area contributed by atoms with Crippen LogP contribution in [-0.4, -0.2) is 23.3 Å². The highest BCUT2D eigenvalue weighted by Gasteiger charge is 2.50. The lowest BCUT2D eigenvalue weighted by Gasteiger charge is -2.22. The second kappa shape index (κ2) is 6.26. The molecule has 5 heteroatoms. The molecule has 0 saturated heterocycles. The van der Waals surface area contributed by atoms with Gasteiger partial charge in [-0.25, -0.2) is 4.39 Å². The van der Waals surface area contributed by atoms with Crippen LogP contribution in [0.5, 0.6) is 0 Å². The van der Waals surface area contributed by atoms with Gasteiger partial charge in [0.1, 0.15) is 5.82 Å². The zero-order valence-electron chi connectivity index (χ0n) is 13.8. The van der Waals surface area contributed by atoms with E-state index in [-0.39, 0.29) is 12.1 Å². The summed E-state index contributed by atoms with van der Waals surface area (Å²) < 4.78 is 13.0. The highest BCUT2D eigenvalue weighted by Crippen LogP contribution is 2.43. The molecule has 1 heterocycles. The monoisotopic (exact) mass is 339 g/mol. The highest BCUT2D eigenvalue weighted by molar-refractivity contribution is 6.10. The summed E-state index contributed by atoms with van der Waals surface area (Å²) in [5.74, 6) is -1.43. The van der Waals surface area contributed by atoms with E-state index in [1.54, 1.807) is 31.2 Å². The number of para-hydroxylation sites is 1. The third-order valence-corrected chi connectivity index (χ3v) is 4.25. The maximum Gasteiger partial charge on any atom is 0.264 e. The van der Waals surface area contributed by atoms with E-state index in [1.807, 2.05) is 0 Å². The molecule has 0 bridgehead atoms. The Bertz CT molecular complexity index is 859. The van der Waals surface area contributed by atoms with Crippen LogP contribution in [0.2, 0.25) is 0 Å². The molecule has 1 amide bonds. The van der Waals surface area contributed by atoms with Crippen LogP contribution in [0.4, 0.5) is 10.1 Å². The molecule has 0 aliphatic carbocycles. The van der Waals surface area contributed by atoms with Crippen LogP contribution in [0.15, 0.2) is 60.7 Å². The van der Waals surface area contributed by atoms with E-state index < -0.39 is 29.5 Å². The standard InChI is InChI=1S/C20H18FNO3/c1-13(2)12-22-17-6-4-3-5-16(17)20(25,19(22)24)11-18(23)14-7-9-15(21)10-8-14/h3-10,25H,1,11-12H2,2H3. The van der Waals surface area contributed by atoms with Crippen molar-refractivity contribution < 1.29 is 19.1 Å². The molecule has 2 aromatic carbocycles. The number of rotatable bonds is 5. The first-order valence-corrected chi connectivity index (χ1v) is 7.90. The van der Waals surface area contributed by atoms with Crippen molar-refractivity contribution in [2.24, 2.45) is 0 Å². The zero-order chi connectivity index (χ0) is 18.2. The van der Waals surface area contributed by atoms with E-state index in [9.17, 15) is 19.1 Å². The average molecular weight is 339 g/mol. The molecule has 0 radical (unpaired) electrons. The van der Waals surface area contributed by atoms with Crippen LogP contribution < -0.4 is 4.90 Å². The summed E-state index contributed by atoms with van der Waals surface area (Å²) in [6.07, 6.45) is -0.402. The molecule has 1 atom stereocenters. The van der Waals surface area contributed by atoms with Gasteiger partial charge in [0.05, 0.1) is 12.1 Å². The molecule has 0 fully saturated rings. The molecule has 1 N–H and O–H groups in total. The van der Waals surface area contributed by atoms with Crippen molar-refractivity contribution in [1.82, 2.24) is 0 Å². The van der Waals surface area contributed by atoms with Crippen LogP contribution in [0.25, 0.3) is 0 Å². The number of hydrogen-bond donors (Lipinski definition) is 1. The third-order valence-electron chi connectivity index (χ3n) is 4.25. The minimum Gasteiger partial charge on any atom is -0.375 e. The molecule has 1 unspecified atom stereocenters. The van der Waals surface area contributed by atoms with Crippen LogP contribution in [0.3, 0.4) is 0 Å². The fraction of sp³-hybridized carbons (Fsp3) is 0.200. The molecular formula is C20H18FNO3. The summed E-state index contributed by atoms with van der Waals surface area (Å²) in [7, 11) is 0. The zero-order valence-corrected chi connectivity index (χ0v) is 13.8. The van der Waals surface area contributed by atoms with Crippen LogP contribution in [-0.2, 0) is 10.4 Å². The van der Waals surface area contributed by atoms with Gasteiger partial charge in [-0.1, -0.05) is 30.4 Å². The molecule has 128 valence electrons. The predicted molar refractivity (Wildman–Crippen MR) is 92.9 cm³/mol. The minimum absolute atomic E-state index is 0.249. The van der Waals surface area contributed by atoms with Crippen molar-refractivity contribution >= 4 is 17.4 Å². The van der Waals surface area contributed by atoms with E-state index in [0.717, 1.165) is 5.57 Å². The third kappa shape index (κ3) is 2.98. The molecule has 1 aliphatic heterocycles. The Morgan fingerprint density at radius 1 is 1.20 bits per heavy atom.